The third kappa shape index (κ3) is 2.86. The van der Waals surface area contributed by atoms with Crippen LogP contribution in [0.3, 0.4) is 0 Å². The van der Waals surface area contributed by atoms with Crippen molar-refractivity contribution < 1.29 is 9.59 Å². The average Bonchev–Trinajstić information content (AvgIpc) is 2.51. The third-order valence-corrected chi connectivity index (χ3v) is 3.29. The predicted molar refractivity (Wildman–Crippen MR) is 82.4 cm³/mol. The summed E-state index contributed by atoms with van der Waals surface area (Å²) in [6.07, 6.45) is 0. The number of anilines is 3. The molecule has 0 fully saturated rings. The molecule has 0 radical (unpaired) electrons. The van der Waals surface area contributed by atoms with Crippen molar-refractivity contribution in [2.24, 2.45) is 0 Å². The van der Waals surface area contributed by atoms with E-state index in [0.29, 0.717) is 0 Å². The maximum Gasteiger partial charge on any atom is 0.246 e. The maximum absolute atomic E-state index is 12.1. The molecule has 106 valence electrons. The summed E-state index contributed by atoms with van der Waals surface area (Å²) in [7, 11) is 0. The molecule has 0 aliphatic carbocycles. The second-order valence-corrected chi connectivity index (χ2v) is 4.76. The van der Waals surface area contributed by atoms with E-state index >= 15 is 0 Å². The Hall–Kier alpha value is -2.82. The maximum atomic E-state index is 12.1. The summed E-state index contributed by atoms with van der Waals surface area (Å²) in [4.78, 5) is 25.6. The van der Waals surface area contributed by atoms with Gasteiger partial charge in [-0.3, -0.25) is 14.5 Å². The van der Waals surface area contributed by atoms with E-state index in [1.165, 1.54) is 4.90 Å². The molecule has 0 aromatic heterocycles. The average molecular weight is 281 g/mol. The Morgan fingerprint density at radius 3 is 2.62 bits per heavy atom. The molecule has 0 bridgehead atoms. The van der Waals surface area contributed by atoms with E-state index in [-0.39, 0.29) is 24.9 Å². The second-order valence-electron chi connectivity index (χ2n) is 4.76. The molecule has 0 saturated carbocycles. The minimum Gasteiger partial charge on any atom is -0.374 e. The molecule has 0 unspecified atom stereocenters. The number of nitrogens with zero attached hydrogens (tertiary/aromatic N) is 1. The van der Waals surface area contributed by atoms with Gasteiger partial charge in [0, 0.05) is 5.69 Å². The van der Waals surface area contributed by atoms with Gasteiger partial charge in [0.2, 0.25) is 11.8 Å². The predicted octanol–water partition coefficient (Wildman–Crippen LogP) is 2.08. The molecule has 2 aromatic carbocycles. The first-order chi connectivity index (χ1) is 10.2. The fraction of sp³-hybridized carbons (Fsp3) is 0.125. The number of fused-ring (bicyclic) bond motifs is 1. The van der Waals surface area contributed by atoms with Crippen molar-refractivity contribution in [3.05, 3.63) is 54.6 Å². The van der Waals surface area contributed by atoms with Crippen LogP contribution in [0.5, 0.6) is 0 Å². The highest BCUT2D eigenvalue weighted by molar-refractivity contribution is 6.07. The van der Waals surface area contributed by atoms with Crippen molar-refractivity contribution in [2.45, 2.75) is 0 Å². The smallest absolute Gasteiger partial charge is 0.246 e. The van der Waals surface area contributed by atoms with Crippen LogP contribution in [-0.2, 0) is 9.59 Å². The van der Waals surface area contributed by atoms with Gasteiger partial charge in [-0.1, -0.05) is 30.3 Å². The van der Waals surface area contributed by atoms with Crippen molar-refractivity contribution in [3.63, 3.8) is 0 Å². The highest BCUT2D eigenvalue weighted by Gasteiger charge is 2.25. The van der Waals surface area contributed by atoms with Crippen LogP contribution in [0.1, 0.15) is 0 Å². The molecule has 2 aromatic rings. The van der Waals surface area contributed by atoms with E-state index < -0.39 is 0 Å². The number of nitrogens with one attached hydrogen (secondary N) is 2. The number of benzene rings is 2. The van der Waals surface area contributed by atoms with Gasteiger partial charge in [-0.2, -0.15) is 0 Å². The standard InChI is InChI=1S/C16H15N3O2/c20-15(18-12-6-2-1-3-7-12)11-19-14-9-5-4-8-13(14)17-10-16(19)21/h1-9,17H,10-11H2,(H,18,20). The molecule has 1 aliphatic rings. The molecule has 1 heterocycles. The number of para-hydroxylation sites is 3. The van der Waals surface area contributed by atoms with Crippen molar-refractivity contribution >= 4 is 28.9 Å². The monoisotopic (exact) mass is 281 g/mol. The molecule has 5 heteroatoms. The van der Waals surface area contributed by atoms with E-state index in [4.69, 9.17) is 0 Å². The van der Waals surface area contributed by atoms with E-state index in [0.717, 1.165) is 17.1 Å². The Kier molecular flexibility index (Phi) is 3.55. The first-order valence-corrected chi connectivity index (χ1v) is 6.72. The zero-order chi connectivity index (χ0) is 14.7. The van der Waals surface area contributed by atoms with Crippen LogP contribution in [-0.4, -0.2) is 24.9 Å². The summed E-state index contributed by atoms with van der Waals surface area (Å²) in [5.74, 6) is -0.330. The molecule has 0 spiro atoms. The van der Waals surface area contributed by atoms with Gasteiger partial charge in [0.05, 0.1) is 17.9 Å². The minimum atomic E-state index is -0.216. The molecular weight excluding hydrogens is 266 g/mol. The largest absolute Gasteiger partial charge is 0.374 e. The number of amides is 2. The van der Waals surface area contributed by atoms with Gasteiger partial charge < -0.3 is 10.6 Å². The van der Waals surface area contributed by atoms with Crippen molar-refractivity contribution in [3.8, 4) is 0 Å². The van der Waals surface area contributed by atoms with E-state index in [9.17, 15) is 9.59 Å². The number of rotatable bonds is 3. The fourth-order valence-corrected chi connectivity index (χ4v) is 2.30. The van der Waals surface area contributed by atoms with Crippen molar-refractivity contribution in [1.82, 2.24) is 0 Å². The first-order valence-electron chi connectivity index (χ1n) is 6.72. The molecule has 2 N–H and O–H groups in total. The molecule has 21 heavy (non-hydrogen) atoms. The Labute approximate surface area is 122 Å². The van der Waals surface area contributed by atoms with Crippen molar-refractivity contribution in [1.29, 1.82) is 0 Å². The van der Waals surface area contributed by atoms with Crippen LogP contribution < -0.4 is 15.5 Å². The molecule has 0 atom stereocenters. The SMILES string of the molecule is O=C(CN1C(=O)CNc2ccccc21)Nc1ccccc1. The van der Waals surface area contributed by atoms with Gasteiger partial charge in [-0.25, -0.2) is 0 Å². The zero-order valence-electron chi connectivity index (χ0n) is 11.4. The lowest BCUT2D eigenvalue weighted by Crippen LogP contribution is -2.44. The van der Waals surface area contributed by atoms with Gasteiger partial charge in [0.1, 0.15) is 6.54 Å². The fourth-order valence-electron chi connectivity index (χ4n) is 2.30. The number of carbonyl (C=O) groups is 2. The number of hydrogen-bond acceptors (Lipinski definition) is 3. The van der Waals surface area contributed by atoms with Crippen LogP contribution in [0.15, 0.2) is 54.6 Å². The lowest BCUT2D eigenvalue weighted by molar-refractivity contribution is -0.120. The van der Waals surface area contributed by atoms with Gasteiger partial charge >= 0.3 is 0 Å². The highest BCUT2D eigenvalue weighted by Crippen LogP contribution is 2.28. The second kappa shape index (κ2) is 5.66. The van der Waals surface area contributed by atoms with Gasteiger partial charge in [-0.05, 0) is 24.3 Å². The Balaban J connectivity index is 1.75. The minimum absolute atomic E-state index is 0.00637. The van der Waals surface area contributed by atoms with Gasteiger partial charge in [0.25, 0.3) is 0 Å². The summed E-state index contributed by atoms with van der Waals surface area (Å²) in [5, 5.41) is 5.83. The lowest BCUT2D eigenvalue weighted by atomic mass is 10.2. The summed E-state index contributed by atoms with van der Waals surface area (Å²) < 4.78 is 0. The highest BCUT2D eigenvalue weighted by atomic mass is 16.2. The molecule has 1 aliphatic heterocycles. The van der Waals surface area contributed by atoms with E-state index in [1.807, 2.05) is 54.6 Å². The van der Waals surface area contributed by atoms with Gasteiger partial charge in [-0.15, -0.1) is 0 Å². The normalized spacial score (nSPS) is 13.3. The van der Waals surface area contributed by atoms with Crippen LogP contribution in [0.25, 0.3) is 0 Å². The Morgan fingerprint density at radius 2 is 1.81 bits per heavy atom. The summed E-state index contributed by atoms with van der Waals surface area (Å²) in [6, 6.07) is 16.7. The van der Waals surface area contributed by atoms with Crippen LogP contribution in [0.2, 0.25) is 0 Å². The Morgan fingerprint density at radius 1 is 1.10 bits per heavy atom. The summed E-state index contributed by atoms with van der Waals surface area (Å²) >= 11 is 0. The Bertz CT molecular complexity index is 670. The molecule has 3 rings (SSSR count). The quantitative estimate of drug-likeness (QED) is 0.905. The number of hydrogen-bond donors (Lipinski definition) is 2. The van der Waals surface area contributed by atoms with E-state index in [1.54, 1.807) is 0 Å². The third-order valence-electron chi connectivity index (χ3n) is 3.29. The summed E-state index contributed by atoms with van der Waals surface area (Å²) in [5.41, 5.74) is 2.32. The molecule has 2 amide bonds. The lowest BCUT2D eigenvalue weighted by Gasteiger charge is -2.29. The summed E-state index contributed by atoms with van der Waals surface area (Å²) in [6.45, 7) is 0.210. The van der Waals surface area contributed by atoms with E-state index in [2.05, 4.69) is 10.6 Å². The van der Waals surface area contributed by atoms with Crippen LogP contribution in [0, 0.1) is 0 Å². The topological polar surface area (TPSA) is 61.4 Å². The molecular formula is C16H15N3O2. The van der Waals surface area contributed by atoms with Crippen LogP contribution in [0.4, 0.5) is 17.1 Å². The first kappa shape index (κ1) is 13.2. The van der Waals surface area contributed by atoms with Gasteiger partial charge in [0.15, 0.2) is 0 Å². The number of carbonyl (C=O) groups excluding carboxylic acids is 2. The molecule has 5 nitrogen and oxygen atoms in total. The van der Waals surface area contributed by atoms with Crippen LogP contribution >= 0.6 is 0 Å². The molecule has 0 saturated heterocycles. The zero-order valence-corrected chi connectivity index (χ0v) is 11.4. The van der Waals surface area contributed by atoms with Crippen molar-refractivity contribution in [2.75, 3.05) is 28.6 Å².